The third kappa shape index (κ3) is 6.38. The van der Waals surface area contributed by atoms with Crippen molar-refractivity contribution < 1.29 is 13.5 Å². The molecule has 0 aliphatic heterocycles. The van der Waals surface area contributed by atoms with Gasteiger partial charge in [-0.2, -0.15) is 5.26 Å². The molecule has 5 heteroatoms. The number of allylic oxidation sites excluding steroid dienone is 1. The van der Waals surface area contributed by atoms with Gasteiger partial charge in [0.15, 0.2) is 9.84 Å². The lowest BCUT2D eigenvalue weighted by molar-refractivity contribution is 0.423. The summed E-state index contributed by atoms with van der Waals surface area (Å²) in [5.41, 5.74) is 1.47. The van der Waals surface area contributed by atoms with Gasteiger partial charge in [-0.1, -0.05) is 67.7 Å². The van der Waals surface area contributed by atoms with Gasteiger partial charge in [-0.05, 0) is 41.0 Å². The van der Waals surface area contributed by atoms with E-state index < -0.39 is 9.84 Å². The Morgan fingerprint density at radius 2 is 1.54 bits per heavy atom. The van der Waals surface area contributed by atoms with Gasteiger partial charge in [0.05, 0.1) is 5.75 Å². The van der Waals surface area contributed by atoms with Crippen LogP contribution in [0.1, 0.15) is 90.8 Å². The van der Waals surface area contributed by atoms with Crippen molar-refractivity contribution in [1.29, 1.82) is 5.26 Å². The molecule has 156 valence electrons. The zero-order chi connectivity index (χ0) is 21.8. The predicted octanol–water partition coefficient (Wildman–Crippen LogP) is 5.85. The maximum atomic E-state index is 12.6. The average molecular weight is 406 g/mol. The number of phenols is 1. The summed E-state index contributed by atoms with van der Waals surface area (Å²) >= 11 is 0. The maximum absolute atomic E-state index is 12.6. The van der Waals surface area contributed by atoms with Crippen molar-refractivity contribution in [1.82, 2.24) is 0 Å². The van der Waals surface area contributed by atoms with Crippen LogP contribution in [-0.4, -0.2) is 19.3 Å². The molecule has 1 rings (SSSR count). The predicted molar refractivity (Wildman–Crippen MR) is 117 cm³/mol. The van der Waals surface area contributed by atoms with Crippen LogP contribution in [0.15, 0.2) is 17.0 Å². The summed E-state index contributed by atoms with van der Waals surface area (Å²) in [6.07, 6.45) is 4.86. The van der Waals surface area contributed by atoms with Gasteiger partial charge < -0.3 is 5.11 Å². The van der Waals surface area contributed by atoms with Crippen molar-refractivity contribution in [3.63, 3.8) is 0 Å². The van der Waals surface area contributed by atoms with Gasteiger partial charge in [-0.15, -0.1) is 0 Å². The molecule has 0 heterocycles. The normalized spacial score (nSPS) is 13.4. The van der Waals surface area contributed by atoms with Crippen LogP contribution < -0.4 is 0 Å². The fraction of sp³-hybridized carbons (Fsp3) is 0.609. The van der Waals surface area contributed by atoms with Gasteiger partial charge in [0.25, 0.3) is 0 Å². The van der Waals surface area contributed by atoms with Gasteiger partial charge in [-0.3, -0.25) is 0 Å². The van der Waals surface area contributed by atoms with E-state index in [0.717, 1.165) is 30.4 Å². The number of aromatic hydroxyl groups is 1. The van der Waals surface area contributed by atoms with E-state index in [9.17, 15) is 18.8 Å². The Bertz CT molecular complexity index is 826. The van der Waals surface area contributed by atoms with Crippen LogP contribution in [0.3, 0.4) is 0 Å². The molecule has 0 spiro atoms. The number of rotatable bonds is 7. The number of sulfone groups is 1. The smallest absolute Gasteiger partial charge is 0.188 e. The van der Waals surface area contributed by atoms with Crippen LogP contribution in [0.2, 0.25) is 0 Å². The van der Waals surface area contributed by atoms with E-state index in [1.807, 2.05) is 47.6 Å². The molecule has 0 aliphatic carbocycles. The summed E-state index contributed by atoms with van der Waals surface area (Å²) in [6, 6.07) is 5.45. The quantitative estimate of drug-likeness (QED) is 0.456. The highest BCUT2D eigenvalue weighted by molar-refractivity contribution is 7.95. The Balaban J connectivity index is 3.47. The average Bonchev–Trinajstić information content (AvgIpc) is 2.55. The molecule has 0 atom stereocenters. The van der Waals surface area contributed by atoms with Gasteiger partial charge >= 0.3 is 0 Å². The van der Waals surface area contributed by atoms with Gasteiger partial charge in [0.2, 0.25) is 0 Å². The van der Waals surface area contributed by atoms with Crippen LogP contribution in [0.5, 0.6) is 5.75 Å². The number of hydrogen-bond acceptors (Lipinski definition) is 4. The topological polar surface area (TPSA) is 78.2 Å². The summed E-state index contributed by atoms with van der Waals surface area (Å²) in [5, 5.41) is 20.3. The maximum Gasteiger partial charge on any atom is 0.188 e. The molecular weight excluding hydrogens is 370 g/mol. The molecule has 0 saturated heterocycles. The number of nitriles is 1. The number of benzene rings is 1. The Morgan fingerprint density at radius 3 is 1.93 bits per heavy atom. The highest BCUT2D eigenvalue weighted by Crippen LogP contribution is 2.40. The Hall–Kier alpha value is -1.80. The van der Waals surface area contributed by atoms with Crippen molar-refractivity contribution in [2.75, 3.05) is 5.75 Å². The SMILES string of the molecule is CCCCCCS(=O)(=O)C(C#N)=Cc1cc(C(C)(C)C)c(O)c(C(C)(C)C)c1. The Kier molecular flexibility index (Phi) is 7.91. The summed E-state index contributed by atoms with van der Waals surface area (Å²) in [5.74, 6) is 0.223. The number of nitrogens with zero attached hydrogens (tertiary/aromatic N) is 1. The van der Waals surface area contributed by atoms with Crippen LogP contribution >= 0.6 is 0 Å². The zero-order valence-electron chi connectivity index (χ0n) is 18.4. The molecule has 1 aromatic rings. The van der Waals surface area contributed by atoms with E-state index in [4.69, 9.17) is 0 Å². The Labute approximate surface area is 171 Å². The molecule has 0 saturated carbocycles. The highest BCUT2D eigenvalue weighted by Gasteiger charge is 2.27. The van der Waals surface area contributed by atoms with Crippen molar-refractivity contribution in [3.05, 3.63) is 33.7 Å². The van der Waals surface area contributed by atoms with Crippen LogP contribution in [0, 0.1) is 11.3 Å². The van der Waals surface area contributed by atoms with Gasteiger partial charge in [0.1, 0.15) is 16.7 Å². The second kappa shape index (κ2) is 9.13. The molecule has 0 bridgehead atoms. The fourth-order valence-electron chi connectivity index (χ4n) is 3.06. The molecule has 0 aromatic heterocycles. The lowest BCUT2D eigenvalue weighted by Gasteiger charge is -2.28. The van der Waals surface area contributed by atoms with Gasteiger partial charge in [0, 0.05) is 11.1 Å². The monoisotopic (exact) mass is 405 g/mol. The van der Waals surface area contributed by atoms with Crippen LogP contribution in [0.25, 0.3) is 6.08 Å². The van der Waals surface area contributed by atoms with Crippen LogP contribution in [0.4, 0.5) is 0 Å². The first-order valence-electron chi connectivity index (χ1n) is 9.96. The van der Waals surface area contributed by atoms with Crippen molar-refractivity contribution in [3.8, 4) is 11.8 Å². The molecule has 1 N–H and O–H groups in total. The first kappa shape index (κ1) is 24.2. The molecular formula is C23H35NO3S. The summed E-state index contributed by atoms with van der Waals surface area (Å²) in [4.78, 5) is -0.214. The van der Waals surface area contributed by atoms with Crippen LogP contribution in [-0.2, 0) is 20.7 Å². The summed E-state index contributed by atoms with van der Waals surface area (Å²) in [7, 11) is -3.62. The second-order valence-electron chi connectivity index (χ2n) is 9.46. The highest BCUT2D eigenvalue weighted by atomic mass is 32.2. The minimum Gasteiger partial charge on any atom is -0.507 e. The standard InChI is InChI=1S/C23H35NO3S/c1-8-9-10-11-12-28(26,27)18(16-24)13-17-14-19(22(2,3)4)21(25)20(15-17)23(5,6)7/h13-15,25H,8-12H2,1-7H3. The van der Waals surface area contributed by atoms with Crippen molar-refractivity contribution in [2.24, 2.45) is 0 Å². The molecule has 0 radical (unpaired) electrons. The molecule has 0 aliphatic rings. The third-order valence-electron chi connectivity index (χ3n) is 4.76. The lowest BCUT2D eigenvalue weighted by atomic mass is 9.78. The largest absolute Gasteiger partial charge is 0.507 e. The second-order valence-corrected chi connectivity index (χ2v) is 11.5. The molecule has 0 amide bonds. The minimum absolute atomic E-state index is 0.0112. The van der Waals surface area contributed by atoms with E-state index in [1.54, 1.807) is 12.1 Å². The van der Waals surface area contributed by atoms with E-state index in [2.05, 4.69) is 6.92 Å². The summed E-state index contributed by atoms with van der Waals surface area (Å²) in [6.45, 7) is 14.1. The first-order valence-corrected chi connectivity index (χ1v) is 11.6. The minimum atomic E-state index is -3.62. The molecule has 4 nitrogen and oxygen atoms in total. The molecule has 1 aromatic carbocycles. The number of unbranched alkanes of at least 4 members (excludes halogenated alkanes) is 3. The third-order valence-corrected chi connectivity index (χ3v) is 6.46. The van der Waals surface area contributed by atoms with E-state index in [1.165, 1.54) is 6.08 Å². The summed E-state index contributed by atoms with van der Waals surface area (Å²) < 4.78 is 25.2. The van der Waals surface area contributed by atoms with Crippen molar-refractivity contribution in [2.45, 2.75) is 85.0 Å². The molecule has 28 heavy (non-hydrogen) atoms. The van der Waals surface area contributed by atoms with Crippen molar-refractivity contribution >= 4 is 15.9 Å². The fourth-order valence-corrected chi connectivity index (χ4v) is 4.31. The Morgan fingerprint density at radius 1 is 1.04 bits per heavy atom. The first-order chi connectivity index (χ1) is 12.7. The number of hydrogen-bond donors (Lipinski definition) is 1. The molecule has 0 unspecified atom stereocenters. The lowest BCUT2D eigenvalue weighted by Crippen LogP contribution is -2.17. The van der Waals surface area contributed by atoms with E-state index in [-0.39, 0.29) is 27.2 Å². The van der Waals surface area contributed by atoms with E-state index in [0.29, 0.717) is 12.0 Å². The zero-order valence-corrected chi connectivity index (χ0v) is 19.2. The molecule has 0 fully saturated rings. The number of phenolic OH excluding ortho intramolecular Hbond substituents is 1. The van der Waals surface area contributed by atoms with E-state index >= 15 is 0 Å². The van der Waals surface area contributed by atoms with Gasteiger partial charge in [-0.25, -0.2) is 8.42 Å².